The molecule has 0 amide bonds. The van der Waals surface area contributed by atoms with Gasteiger partial charge in [-0.1, -0.05) is 48.0 Å². The molecule has 0 radical (unpaired) electrons. The van der Waals surface area contributed by atoms with E-state index in [1.807, 2.05) is 49.4 Å². The molecule has 0 spiro atoms. The van der Waals surface area contributed by atoms with Crippen LogP contribution in [0.4, 0.5) is 0 Å². The maximum absolute atomic E-state index is 13.9. The Morgan fingerprint density at radius 3 is 2.17 bits per heavy atom. The molecule has 1 unspecified atom stereocenters. The van der Waals surface area contributed by atoms with Gasteiger partial charge in [0.1, 0.15) is 0 Å². The van der Waals surface area contributed by atoms with Gasteiger partial charge in [0.15, 0.2) is 4.49 Å². The summed E-state index contributed by atoms with van der Waals surface area (Å²) in [5.74, 6) is -2.11. The van der Waals surface area contributed by atoms with Crippen LogP contribution in [0.25, 0.3) is 0 Å². The molecule has 0 aromatic heterocycles. The minimum Gasteiger partial charge on any atom is -0.466 e. The lowest BCUT2D eigenvalue weighted by Gasteiger charge is -2.25. The van der Waals surface area contributed by atoms with E-state index in [1.54, 1.807) is 19.1 Å². The van der Waals surface area contributed by atoms with Crippen molar-refractivity contribution < 1.29 is 27.4 Å². The summed E-state index contributed by atoms with van der Waals surface area (Å²) in [5, 5.41) is 0. The Morgan fingerprint density at radius 2 is 1.66 bits per heavy atom. The Hall–Kier alpha value is -1.79. The van der Waals surface area contributed by atoms with Gasteiger partial charge in [-0.25, -0.2) is 0 Å². The van der Waals surface area contributed by atoms with Crippen LogP contribution in [-0.4, -0.2) is 35.5 Å². The van der Waals surface area contributed by atoms with Gasteiger partial charge in [0.25, 0.3) is 0 Å². The molecule has 0 bridgehead atoms. The first-order chi connectivity index (χ1) is 13.9. The summed E-state index contributed by atoms with van der Waals surface area (Å²) in [6, 6.07) is 16.2. The maximum atomic E-state index is 13.9. The largest absolute Gasteiger partial charge is 0.466 e. The van der Waals surface area contributed by atoms with Gasteiger partial charge in [-0.2, -0.15) is 0 Å². The zero-order valence-corrected chi connectivity index (χ0v) is 18.6. The second-order valence-electron chi connectivity index (χ2n) is 6.81. The number of esters is 1. The van der Waals surface area contributed by atoms with Crippen molar-refractivity contribution in [1.82, 2.24) is 0 Å². The Bertz CT molecular complexity index is 937. The molecule has 3 rings (SSSR count). The van der Waals surface area contributed by atoms with E-state index < -0.39 is 40.7 Å². The highest BCUT2D eigenvalue weighted by molar-refractivity contribution is 7.95. The molecule has 0 heterocycles. The number of rotatable bonds is 8. The van der Waals surface area contributed by atoms with Crippen LogP contribution in [0.15, 0.2) is 59.5 Å². The van der Waals surface area contributed by atoms with Crippen LogP contribution in [0.2, 0.25) is 0 Å². The van der Waals surface area contributed by atoms with Crippen molar-refractivity contribution >= 4 is 24.4 Å². The third-order valence-electron chi connectivity index (χ3n) is 5.26. The summed E-state index contributed by atoms with van der Waals surface area (Å²) in [6.07, 6.45) is 0. The molecule has 0 N–H and O–H groups in total. The second-order valence-corrected chi connectivity index (χ2v) is 11.3. The highest BCUT2D eigenvalue weighted by Gasteiger charge is 2.83. The quantitative estimate of drug-likeness (QED) is 0.454. The standard InChI is InChI=1S/C21H25O6PS/c1-5-27-20(22)19-18(16-9-7-6-8-10-16)21(19,28(23,25-3)26-4)29(24)17-13-11-15(2)12-14-17/h6-14,18-19H,5H2,1-4H3/t18-,19+,21-,29?/m1/s1. The molecule has 1 saturated carbocycles. The van der Waals surface area contributed by atoms with Crippen molar-refractivity contribution in [2.24, 2.45) is 5.92 Å². The van der Waals surface area contributed by atoms with Crippen molar-refractivity contribution in [3.8, 4) is 0 Å². The Balaban J connectivity index is 2.22. The van der Waals surface area contributed by atoms with E-state index in [0.29, 0.717) is 4.90 Å². The molecule has 1 fully saturated rings. The molecule has 2 aromatic carbocycles. The summed E-state index contributed by atoms with van der Waals surface area (Å²) in [6.45, 7) is 3.78. The summed E-state index contributed by atoms with van der Waals surface area (Å²) in [7, 11) is -3.32. The zero-order valence-electron chi connectivity index (χ0n) is 16.9. The van der Waals surface area contributed by atoms with Crippen LogP contribution in [0.1, 0.15) is 24.0 Å². The molecular formula is C21H25O6PS. The van der Waals surface area contributed by atoms with Gasteiger partial charge in [0.05, 0.1) is 23.3 Å². The fraction of sp³-hybridized carbons (Fsp3) is 0.381. The number of aryl methyl sites for hydroxylation is 1. The van der Waals surface area contributed by atoms with Crippen LogP contribution >= 0.6 is 7.60 Å². The van der Waals surface area contributed by atoms with Crippen molar-refractivity contribution in [3.63, 3.8) is 0 Å². The SMILES string of the molecule is CCOC(=O)[C@@H]1[C@@H](c2ccccc2)[C@]1(S(=O)c1ccc(C)cc1)P(=O)(OC)OC. The van der Waals surface area contributed by atoms with E-state index in [9.17, 15) is 13.6 Å². The smallest absolute Gasteiger partial charge is 0.350 e. The monoisotopic (exact) mass is 436 g/mol. The van der Waals surface area contributed by atoms with Crippen molar-refractivity contribution in [2.75, 3.05) is 20.8 Å². The van der Waals surface area contributed by atoms with Crippen LogP contribution in [-0.2, 0) is 33.9 Å². The minimum absolute atomic E-state index is 0.161. The number of ether oxygens (including phenoxy) is 1. The molecule has 4 atom stereocenters. The van der Waals surface area contributed by atoms with Crippen LogP contribution in [0.3, 0.4) is 0 Å². The number of hydrogen-bond donors (Lipinski definition) is 0. The Morgan fingerprint density at radius 1 is 1.07 bits per heavy atom. The van der Waals surface area contributed by atoms with Crippen LogP contribution in [0, 0.1) is 12.8 Å². The molecule has 2 aromatic rings. The lowest BCUT2D eigenvalue weighted by atomic mass is 10.1. The molecule has 8 heteroatoms. The van der Waals surface area contributed by atoms with Gasteiger partial charge in [-0.3, -0.25) is 13.6 Å². The third-order valence-corrected chi connectivity index (χ3v) is 10.6. The van der Waals surface area contributed by atoms with Gasteiger partial charge in [-0.15, -0.1) is 0 Å². The van der Waals surface area contributed by atoms with Gasteiger partial charge >= 0.3 is 13.6 Å². The molecule has 0 aliphatic heterocycles. The fourth-order valence-electron chi connectivity index (χ4n) is 3.86. The van der Waals surface area contributed by atoms with Crippen LogP contribution < -0.4 is 0 Å². The third kappa shape index (κ3) is 3.50. The van der Waals surface area contributed by atoms with Crippen molar-refractivity contribution in [3.05, 3.63) is 65.7 Å². The Labute approximate surface area is 173 Å². The lowest BCUT2D eigenvalue weighted by Crippen LogP contribution is -2.27. The normalized spacial score (nSPS) is 24.7. The van der Waals surface area contributed by atoms with Gasteiger partial charge in [0, 0.05) is 25.0 Å². The lowest BCUT2D eigenvalue weighted by molar-refractivity contribution is -0.144. The first kappa shape index (κ1) is 21.9. The number of carbonyl (C=O) groups is 1. The van der Waals surface area contributed by atoms with E-state index in [1.165, 1.54) is 14.2 Å². The molecule has 29 heavy (non-hydrogen) atoms. The summed E-state index contributed by atoms with van der Waals surface area (Å²) in [5.41, 5.74) is 1.74. The summed E-state index contributed by atoms with van der Waals surface area (Å²) >= 11 is 0. The molecule has 0 saturated heterocycles. The van der Waals surface area contributed by atoms with Gasteiger partial charge < -0.3 is 13.8 Å². The second kappa shape index (κ2) is 8.52. The highest BCUT2D eigenvalue weighted by atomic mass is 32.2. The van der Waals surface area contributed by atoms with Gasteiger partial charge in [0.2, 0.25) is 0 Å². The zero-order chi connectivity index (χ0) is 21.2. The number of benzene rings is 2. The first-order valence-electron chi connectivity index (χ1n) is 9.29. The first-order valence-corrected chi connectivity index (χ1v) is 12.0. The average Bonchev–Trinajstić information content (AvgIpc) is 3.46. The number of carbonyl (C=O) groups excluding carboxylic acids is 1. The van der Waals surface area contributed by atoms with Gasteiger partial charge in [-0.05, 0) is 31.5 Å². The summed E-state index contributed by atoms with van der Waals surface area (Å²) in [4.78, 5) is 13.3. The molecule has 156 valence electrons. The van der Waals surface area contributed by atoms with E-state index in [0.717, 1.165) is 11.1 Å². The van der Waals surface area contributed by atoms with Crippen LogP contribution in [0.5, 0.6) is 0 Å². The topological polar surface area (TPSA) is 78.9 Å². The molecule has 6 nitrogen and oxygen atoms in total. The average molecular weight is 436 g/mol. The van der Waals surface area contributed by atoms with E-state index >= 15 is 0 Å². The van der Waals surface area contributed by atoms with E-state index in [-0.39, 0.29) is 6.61 Å². The predicted molar refractivity (Wildman–Crippen MR) is 111 cm³/mol. The minimum atomic E-state index is -3.96. The van der Waals surface area contributed by atoms with E-state index in [2.05, 4.69) is 0 Å². The Kier molecular flexibility index (Phi) is 6.44. The van der Waals surface area contributed by atoms with E-state index in [4.69, 9.17) is 13.8 Å². The predicted octanol–water partition coefficient (Wildman–Crippen LogP) is 4.26. The van der Waals surface area contributed by atoms with Crippen molar-refractivity contribution in [1.29, 1.82) is 0 Å². The molecular weight excluding hydrogens is 411 g/mol. The highest BCUT2D eigenvalue weighted by Crippen LogP contribution is 2.81. The van der Waals surface area contributed by atoms with Crippen molar-refractivity contribution in [2.45, 2.75) is 29.1 Å². The molecule has 1 aliphatic rings. The maximum Gasteiger partial charge on any atom is 0.350 e. The molecule has 1 aliphatic carbocycles. The summed E-state index contributed by atoms with van der Waals surface area (Å²) < 4.78 is 42.0. The fourth-order valence-corrected chi connectivity index (χ4v) is 8.98. The number of hydrogen-bond acceptors (Lipinski definition) is 6.